The van der Waals surface area contributed by atoms with E-state index in [1.165, 1.54) is 0 Å². The average Bonchev–Trinajstić information content (AvgIpc) is 2.43. The molecule has 0 spiro atoms. The Kier molecular flexibility index (Phi) is 2.56. The predicted molar refractivity (Wildman–Crippen MR) is 57.6 cm³/mol. The zero-order valence-corrected chi connectivity index (χ0v) is 9.75. The summed E-state index contributed by atoms with van der Waals surface area (Å²) in [6, 6.07) is -0.650. The molecule has 2 heterocycles. The lowest BCUT2D eigenvalue weighted by Gasteiger charge is -2.39. The van der Waals surface area contributed by atoms with Gasteiger partial charge in [0.25, 0.3) is 0 Å². The van der Waals surface area contributed by atoms with Crippen LogP contribution in [0.2, 0.25) is 0 Å². The fourth-order valence-electron chi connectivity index (χ4n) is 2.52. The van der Waals surface area contributed by atoms with Crippen molar-refractivity contribution in [3.05, 3.63) is 10.4 Å². The van der Waals surface area contributed by atoms with Gasteiger partial charge in [0.1, 0.15) is 6.04 Å². The van der Waals surface area contributed by atoms with Gasteiger partial charge < -0.3 is 9.64 Å². The number of rotatable bonds is 1. The van der Waals surface area contributed by atoms with Crippen molar-refractivity contribution in [3.8, 4) is 0 Å². The van der Waals surface area contributed by atoms with Crippen LogP contribution in [0.25, 0.3) is 10.4 Å². The molecule has 2 saturated heterocycles. The number of carbonyl (C=O) groups excluding carboxylic acids is 1. The van der Waals surface area contributed by atoms with Gasteiger partial charge in [-0.25, -0.2) is 0 Å². The smallest absolute Gasteiger partial charge is 0.234 e. The summed E-state index contributed by atoms with van der Waals surface area (Å²) in [4.78, 5) is 16.2. The lowest BCUT2D eigenvalue weighted by molar-refractivity contribution is -0.128. The Hall–Kier alpha value is -1.26. The molecule has 6 heteroatoms. The standard InChI is InChI=1S/C10H16N4O2/c1-10(2)4-6-8(16-5-10)7(12-13-11)9(15)14(6)3/h6-8H,4-5H2,1-3H3/t6-,7?,8?/m0/s1. The van der Waals surface area contributed by atoms with E-state index in [1.54, 1.807) is 11.9 Å². The van der Waals surface area contributed by atoms with Crippen molar-refractivity contribution in [1.29, 1.82) is 0 Å². The first-order valence-electron chi connectivity index (χ1n) is 5.39. The van der Waals surface area contributed by atoms with E-state index in [0.717, 1.165) is 6.42 Å². The summed E-state index contributed by atoms with van der Waals surface area (Å²) in [5.74, 6) is -0.134. The molecule has 2 unspecified atom stereocenters. The van der Waals surface area contributed by atoms with Gasteiger partial charge in [-0.1, -0.05) is 19.0 Å². The van der Waals surface area contributed by atoms with E-state index >= 15 is 0 Å². The van der Waals surface area contributed by atoms with Crippen molar-refractivity contribution in [2.24, 2.45) is 10.5 Å². The number of nitrogens with zero attached hydrogens (tertiary/aromatic N) is 4. The van der Waals surface area contributed by atoms with Gasteiger partial charge in [-0.05, 0) is 17.4 Å². The number of likely N-dealkylation sites (tertiary alicyclic amines) is 1. The summed E-state index contributed by atoms with van der Waals surface area (Å²) in [5.41, 5.74) is 8.53. The van der Waals surface area contributed by atoms with E-state index < -0.39 is 6.04 Å². The van der Waals surface area contributed by atoms with Crippen LogP contribution in [-0.2, 0) is 9.53 Å². The average molecular weight is 224 g/mol. The minimum absolute atomic E-state index is 0.0340. The third kappa shape index (κ3) is 1.64. The normalized spacial score (nSPS) is 36.8. The van der Waals surface area contributed by atoms with Crippen LogP contribution >= 0.6 is 0 Å². The van der Waals surface area contributed by atoms with Gasteiger partial charge in [0.2, 0.25) is 5.91 Å². The number of fused-ring (bicyclic) bond motifs is 1. The molecule has 0 aromatic heterocycles. The number of amides is 1. The number of ether oxygens (including phenoxy) is 1. The second kappa shape index (κ2) is 3.64. The lowest BCUT2D eigenvalue weighted by Crippen LogP contribution is -2.46. The Balaban J connectivity index is 2.26. The SMILES string of the molecule is CN1C(=O)C(N=[N+]=[N-])C2OCC(C)(C)C[C@@H]21. The predicted octanol–water partition coefficient (Wildman–Crippen LogP) is 1.32. The largest absolute Gasteiger partial charge is 0.375 e. The first-order valence-corrected chi connectivity index (χ1v) is 5.39. The highest BCUT2D eigenvalue weighted by molar-refractivity contribution is 5.85. The highest BCUT2D eigenvalue weighted by atomic mass is 16.5. The monoisotopic (exact) mass is 224 g/mol. The summed E-state index contributed by atoms with van der Waals surface area (Å²) in [7, 11) is 1.75. The molecule has 3 atom stereocenters. The topological polar surface area (TPSA) is 78.3 Å². The van der Waals surface area contributed by atoms with Crippen LogP contribution in [0.5, 0.6) is 0 Å². The van der Waals surface area contributed by atoms with Crippen molar-refractivity contribution < 1.29 is 9.53 Å². The number of hydrogen-bond donors (Lipinski definition) is 0. The molecule has 0 N–H and O–H groups in total. The molecule has 16 heavy (non-hydrogen) atoms. The lowest BCUT2D eigenvalue weighted by atomic mass is 9.82. The fourth-order valence-corrected chi connectivity index (χ4v) is 2.52. The molecule has 2 fully saturated rings. The molecular formula is C10H16N4O2. The highest BCUT2D eigenvalue weighted by Gasteiger charge is 2.51. The molecule has 0 radical (unpaired) electrons. The summed E-state index contributed by atoms with van der Waals surface area (Å²) in [5, 5.41) is 3.55. The molecule has 0 aliphatic carbocycles. The molecule has 6 nitrogen and oxygen atoms in total. The molecule has 88 valence electrons. The van der Waals surface area contributed by atoms with Crippen LogP contribution in [0.4, 0.5) is 0 Å². The van der Waals surface area contributed by atoms with Crippen LogP contribution in [0, 0.1) is 5.41 Å². The summed E-state index contributed by atoms with van der Waals surface area (Å²) in [6.45, 7) is 4.83. The highest BCUT2D eigenvalue weighted by Crippen LogP contribution is 2.38. The molecule has 1 amide bonds. The van der Waals surface area contributed by atoms with Gasteiger partial charge in [0.15, 0.2) is 0 Å². The molecule has 0 saturated carbocycles. The van der Waals surface area contributed by atoms with Gasteiger partial charge in [-0.15, -0.1) is 0 Å². The first kappa shape index (κ1) is 11.2. The Morgan fingerprint density at radius 3 is 2.94 bits per heavy atom. The maximum Gasteiger partial charge on any atom is 0.234 e. The Morgan fingerprint density at radius 1 is 1.62 bits per heavy atom. The zero-order chi connectivity index (χ0) is 11.9. The van der Waals surface area contributed by atoms with E-state index in [2.05, 4.69) is 23.9 Å². The third-order valence-corrected chi connectivity index (χ3v) is 3.39. The van der Waals surface area contributed by atoms with Crippen LogP contribution < -0.4 is 0 Å². The van der Waals surface area contributed by atoms with Crippen LogP contribution in [0.1, 0.15) is 20.3 Å². The van der Waals surface area contributed by atoms with E-state index in [4.69, 9.17) is 10.3 Å². The van der Waals surface area contributed by atoms with Crippen molar-refractivity contribution in [1.82, 2.24) is 4.90 Å². The van der Waals surface area contributed by atoms with Gasteiger partial charge in [-0.3, -0.25) is 4.79 Å². The fraction of sp³-hybridized carbons (Fsp3) is 0.900. The van der Waals surface area contributed by atoms with Crippen LogP contribution in [0.3, 0.4) is 0 Å². The Labute approximate surface area is 94.2 Å². The second-order valence-electron chi connectivity index (χ2n) is 5.31. The van der Waals surface area contributed by atoms with Gasteiger partial charge in [-0.2, -0.15) is 0 Å². The number of azide groups is 1. The van der Waals surface area contributed by atoms with Crippen molar-refractivity contribution in [2.75, 3.05) is 13.7 Å². The summed E-state index contributed by atoms with van der Waals surface area (Å²) >= 11 is 0. The Morgan fingerprint density at radius 2 is 2.31 bits per heavy atom. The first-order chi connectivity index (χ1) is 7.46. The van der Waals surface area contributed by atoms with Crippen molar-refractivity contribution in [3.63, 3.8) is 0 Å². The molecular weight excluding hydrogens is 208 g/mol. The van der Waals surface area contributed by atoms with Crippen LogP contribution in [-0.4, -0.2) is 42.6 Å². The van der Waals surface area contributed by atoms with E-state index in [9.17, 15) is 4.79 Å². The van der Waals surface area contributed by atoms with Gasteiger partial charge in [0, 0.05) is 12.0 Å². The minimum atomic E-state index is -0.684. The van der Waals surface area contributed by atoms with E-state index in [-0.39, 0.29) is 23.5 Å². The van der Waals surface area contributed by atoms with E-state index in [1.807, 2.05) is 0 Å². The maximum absolute atomic E-state index is 11.9. The summed E-state index contributed by atoms with van der Waals surface area (Å²) < 4.78 is 5.70. The molecule has 2 aliphatic heterocycles. The quantitative estimate of drug-likeness (QED) is 0.382. The molecule has 2 aliphatic rings. The van der Waals surface area contributed by atoms with Crippen LogP contribution in [0.15, 0.2) is 5.11 Å². The summed E-state index contributed by atoms with van der Waals surface area (Å²) in [6.07, 6.45) is 0.610. The molecule has 2 rings (SSSR count). The second-order valence-corrected chi connectivity index (χ2v) is 5.31. The molecule has 0 bridgehead atoms. The van der Waals surface area contributed by atoms with Gasteiger partial charge in [0.05, 0.1) is 18.8 Å². The molecule has 0 aromatic carbocycles. The number of likely N-dealkylation sites (N-methyl/N-ethyl adjacent to an activating group) is 1. The number of carbonyl (C=O) groups is 1. The third-order valence-electron chi connectivity index (χ3n) is 3.39. The maximum atomic E-state index is 11.9. The van der Waals surface area contributed by atoms with E-state index in [0.29, 0.717) is 6.61 Å². The zero-order valence-electron chi connectivity index (χ0n) is 9.75. The van der Waals surface area contributed by atoms with Crippen molar-refractivity contribution >= 4 is 5.91 Å². The minimum Gasteiger partial charge on any atom is -0.375 e. The number of hydrogen-bond acceptors (Lipinski definition) is 3. The van der Waals surface area contributed by atoms with Crippen molar-refractivity contribution in [2.45, 2.75) is 38.5 Å². The Bertz CT molecular complexity index is 362. The molecule has 0 aromatic rings. The van der Waals surface area contributed by atoms with Gasteiger partial charge >= 0.3 is 0 Å².